The van der Waals surface area contributed by atoms with E-state index in [-0.39, 0.29) is 12.2 Å². The molecule has 3 rings (SSSR count). The van der Waals surface area contributed by atoms with Crippen molar-refractivity contribution in [2.45, 2.75) is 78.2 Å². The minimum Gasteiger partial charge on any atom is -0.480 e. The van der Waals surface area contributed by atoms with Gasteiger partial charge >= 0.3 is 12.1 Å². The fourth-order valence-corrected chi connectivity index (χ4v) is 4.62. The van der Waals surface area contributed by atoms with Crippen LogP contribution in [0.25, 0.3) is 11.0 Å². The number of aromatic nitrogens is 2. The number of halogens is 1. The Morgan fingerprint density at radius 3 is 2.51 bits per heavy atom. The topological polar surface area (TPSA) is 112 Å². The molecule has 2 aromatic heterocycles. The number of nitrogens with zero attached hydrogens (tertiary/aromatic N) is 2. The van der Waals surface area contributed by atoms with E-state index in [2.05, 4.69) is 29.9 Å². The number of aryl methyl sites for hydroxylation is 1. The molecule has 0 unspecified atom stereocenters. The average molecular weight is 560 g/mol. The minimum atomic E-state index is -1.29. The Balaban J connectivity index is 1.74. The van der Waals surface area contributed by atoms with E-state index in [4.69, 9.17) is 14.2 Å². The molecular weight excluding hydrogens is 521 g/mol. The number of carbonyl (C=O) groups is 2. The van der Waals surface area contributed by atoms with E-state index in [0.717, 1.165) is 17.0 Å². The van der Waals surface area contributed by atoms with Gasteiger partial charge in [0.2, 0.25) is 0 Å². The van der Waals surface area contributed by atoms with Crippen LogP contribution in [-0.2, 0) is 27.4 Å². The Hall–Kier alpha value is -3.44. The van der Waals surface area contributed by atoms with Gasteiger partial charge in [-0.3, -0.25) is 0 Å². The summed E-state index contributed by atoms with van der Waals surface area (Å²) in [6, 6.07) is 5.64. The van der Waals surface area contributed by atoms with Crippen molar-refractivity contribution in [3.8, 4) is 11.5 Å². The largest absolute Gasteiger partial charge is 0.480 e. The summed E-state index contributed by atoms with van der Waals surface area (Å²) in [5, 5.41) is 12.6. The van der Waals surface area contributed by atoms with Crippen molar-refractivity contribution < 1.29 is 33.3 Å². The lowest BCUT2D eigenvalue weighted by atomic mass is 10.1. The third-order valence-corrected chi connectivity index (χ3v) is 7.48. The molecule has 0 aliphatic rings. The molecule has 0 saturated carbocycles. The Kier molecular flexibility index (Phi) is 9.39. The molecule has 39 heavy (non-hydrogen) atoms. The smallest absolute Gasteiger partial charge is 0.408 e. The first-order valence-corrected chi connectivity index (χ1v) is 16.5. The molecule has 0 radical (unpaired) electrons. The number of pyridine rings is 1. The molecule has 0 fully saturated rings. The summed E-state index contributed by atoms with van der Waals surface area (Å²) in [4.78, 5) is 28.2. The second-order valence-corrected chi connectivity index (χ2v) is 17.4. The number of hydrogen-bond donors (Lipinski definition) is 2. The predicted octanol–water partition coefficient (Wildman–Crippen LogP) is 6.11. The molecule has 2 heterocycles. The maximum Gasteiger partial charge on any atom is 0.408 e. The van der Waals surface area contributed by atoms with Crippen LogP contribution in [0.4, 0.5) is 9.18 Å². The van der Waals surface area contributed by atoms with Crippen molar-refractivity contribution in [1.29, 1.82) is 0 Å². The molecule has 1 atom stereocenters. The molecule has 0 bridgehead atoms. The molecule has 9 nitrogen and oxygen atoms in total. The van der Waals surface area contributed by atoms with Gasteiger partial charge in [0, 0.05) is 33.5 Å². The fraction of sp³-hybridized carbons (Fsp3) is 0.464. The summed E-state index contributed by atoms with van der Waals surface area (Å²) >= 11 is 0. The number of nitrogens with one attached hydrogen (secondary N) is 1. The van der Waals surface area contributed by atoms with Crippen molar-refractivity contribution >= 4 is 31.2 Å². The second-order valence-electron chi connectivity index (χ2n) is 11.7. The van der Waals surface area contributed by atoms with Crippen LogP contribution in [0, 0.1) is 12.7 Å². The number of ether oxygens (including phenoxy) is 3. The summed E-state index contributed by atoms with van der Waals surface area (Å²) < 4.78 is 33.9. The van der Waals surface area contributed by atoms with Gasteiger partial charge in [-0.2, -0.15) is 0 Å². The SMILES string of the molecule is Cc1cn(COCC[Si](C)(C)C)c2nccc(Oc3ccc(C[C@H](NC(=O)OC(C)(C)C)C(=O)O)cc3F)c12. The predicted molar refractivity (Wildman–Crippen MR) is 150 cm³/mol. The molecule has 1 amide bonds. The van der Waals surface area contributed by atoms with Crippen molar-refractivity contribution in [1.82, 2.24) is 14.9 Å². The van der Waals surface area contributed by atoms with Crippen LogP contribution in [0.2, 0.25) is 25.7 Å². The number of fused-ring (bicyclic) bond motifs is 1. The van der Waals surface area contributed by atoms with E-state index < -0.39 is 37.6 Å². The van der Waals surface area contributed by atoms with Gasteiger partial charge in [0.05, 0.1) is 5.39 Å². The lowest BCUT2D eigenvalue weighted by molar-refractivity contribution is -0.139. The van der Waals surface area contributed by atoms with Crippen LogP contribution < -0.4 is 10.1 Å². The van der Waals surface area contributed by atoms with Gasteiger partial charge in [-0.15, -0.1) is 0 Å². The summed E-state index contributed by atoms with van der Waals surface area (Å²) in [5.74, 6) is -1.49. The molecule has 0 aliphatic carbocycles. The number of amides is 1. The molecule has 0 spiro atoms. The maximum absolute atomic E-state index is 15.1. The zero-order valence-electron chi connectivity index (χ0n) is 23.6. The molecule has 212 valence electrons. The molecule has 0 aliphatic heterocycles. The van der Waals surface area contributed by atoms with Crippen LogP contribution >= 0.6 is 0 Å². The van der Waals surface area contributed by atoms with Crippen LogP contribution in [0.5, 0.6) is 11.5 Å². The summed E-state index contributed by atoms with van der Waals surface area (Å²) in [6.45, 7) is 14.9. The minimum absolute atomic E-state index is 0.0169. The summed E-state index contributed by atoms with van der Waals surface area (Å²) in [5.41, 5.74) is 1.18. The van der Waals surface area contributed by atoms with Crippen LogP contribution in [0.15, 0.2) is 36.7 Å². The molecule has 3 aromatic rings. The third-order valence-electron chi connectivity index (χ3n) is 5.78. The monoisotopic (exact) mass is 559 g/mol. The second kappa shape index (κ2) is 12.2. The lowest BCUT2D eigenvalue weighted by Gasteiger charge is -2.22. The number of carboxylic acids is 1. The van der Waals surface area contributed by atoms with Gasteiger partial charge in [-0.1, -0.05) is 25.7 Å². The Morgan fingerprint density at radius 1 is 1.18 bits per heavy atom. The van der Waals surface area contributed by atoms with Crippen LogP contribution in [0.1, 0.15) is 31.9 Å². The van der Waals surface area contributed by atoms with E-state index in [1.807, 2.05) is 17.7 Å². The Bertz CT molecular complexity index is 1330. The van der Waals surface area contributed by atoms with Gasteiger partial charge in [-0.05, 0) is 63.1 Å². The first-order valence-electron chi connectivity index (χ1n) is 12.8. The van der Waals surface area contributed by atoms with Crippen molar-refractivity contribution in [2.24, 2.45) is 0 Å². The third kappa shape index (κ3) is 8.79. The number of carboxylic acid groups (broad SMARTS) is 1. The van der Waals surface area contributed by atoms with Gasteiger partial charge in [0.15, 0.2) is 11.6 Å². The van der Waals surface area contributed by atoms with E-state index in [1.165, 1.54) is 12.1 Å². The molecule has 11 heteroatoms. The number of rotatable bonds is 11. The average Bonchev–Trinajstić information content (AvgIpc) is 3.12. The van der Waals surface area contributed by atoms with E-state index in [0.29, 0.717) is 30.3 Å². The quantitative estimate of drug-likeness (QED) is 0.215. The number of benzene rings is 1. The standard InChI is InChI=1S/C28H38FN3O6Si/c1-18-16-32(17-36-12-13-39(5,6)7)25-24(18)23(10-11-30-25)37-22-9-8-19(14-20(22)29)15-21(26(33)34)31-27(35)38-28(2,3)4/h8-11,14,16,21H,12-13,15,17H2,1-7H3,(H,31,35)(H,33,34)/t21-/m0/s1. The van der Waals surface area contributed by atoms with Crippen molar-refractivity contribution in [3.05, 3.63) is 53.6 Å². The highest BCUT2D eigenvalue weighted by molar-refractivity contribution is 6.76. The summed E-state index contributed by atoms with van der Waals surface area (Å²) in [7, 11) is -1.20. The zero-order chi connectivity index (χ0) is 29.0. The van der Waals surface area contributed by atoms with Crippen molar-refractivity contribution in [3.63, 3.8) is 0 Å². The van der Waals surface area contributed by atoms with Crippen LogP contribution in [-0.4, -0.2) is 53.0 Å². The first-order chi connectivity index (χ1) is 18.1. The van der Waals surface area contributed by atoms with E-state index >= 15 is 4.39 Å². The lowest BCUT2D eigenvalue weighted by Crippen LogP contribution is -2.44. The number of aliphatic carboxylic acids is 1. The maximum atomic E-state index is 15.1. The molecule has 0 saturated heterocycles. The fourth-order valence-electron chi connectivity index (χ4n) is 3.86. The Labute approximate surface area is 229 Å². The molecule has 2 N–H and O–H groups in total. The normalized spacial score (nSPS) is 12.8. The highest BCUT2D eigenvalue weighted by atomic mass is 28.3. The van der Waals surface area contributed by atoms with Crippen molar-refractivity contribution in [2.75, 3.05) is 6.61 Å². The molecule has 1 aromatic carbocycles. The highest BCUT2D eigenvalue weighted by Gasteiger charge is 2.25. The van der Waals surface area contributed by atoms with E-state index in [9.17, 15) is 14.7 Å². The number of carbonyl (C=O) groups excluding carboxylic acids is 1. The number of hydrogen-bond acceptors (Lipinski definition) is 6. The Morgan fingerprint density at radius 2 is 1.90 bits per heavy atom. The highest BCUT2D eigenvalue weighted by Crippen LogP contribution is 2.33. The number of alkyl carbamates (subject to hydrolysis) is 1. The van der Waals surface area contributed by atoms with Gasteiger partial charge in [0.1, 0.15) is 29.8 Å². The van der Waals surface area contributed by atoms with E-state index in [1.54, 1.807) is 39.1 Å². The zero-order valence-corrected chi connectivity index (χ0v) is 24.6. The first kappa shape index (κ1) is 30.1. The summed E-state index contributed by atoms with van der Waals surface area (Å²) in [6.07, 6.45) is 2.54. The van der Waals surface area contributed by atoms with Gasteiger partial charge in [0.25, 0.3) is 0 Å². The molecular formula is C28H38FN3O6Si. The van der Waals surface area contributed by atoms with Gasteiger partial charge < -0.3 is 29.2 Å². The van der Waals surface area contributed by atoms with Crippen LogP contribution in [0.3, 0.4) is 0 Å². The van der Waals surface area contributed by atoms with Gasteiger partial charge in [-0.25, -0.2) is 19.0 Å².